The van der Waals surface area contributed by atoms with E-state index in [1.54, 1.807) is 35.7 Å². The summed E-state index contributed by atoms with van der Waals surface area (Å²) in [5.74, 6) is 1.00. The van der Waals surface area contributed by atoms with Crippen LogP contribution in [0, 0.1) is 11.3 Å². The molecule has 1 fully saturated rings. The average molecular weight is 427 g/mol. The van der Waals surface area contributed by atoms with Crippen molar-refractivity contribution in [2.75, 3.05) is 5.32 Å². The van der Waals surface area contributed by atoms with Gasteiger partial charge in [-0.05, 0) is 37.5 Å². The molecule has 1 atom stereocenters. The van der Waals surface area contributed by atoms with Crippen LogP contribution < -0.4 is 10.1 Å². The predicted octanol–water partition coefficient (Wildman–Crippen LogP) is 3.35. The topological polar surface area (TPSA) is 119 Å². The fourth-order valence-electron chi connectivity index (χ4n) is 3.35. The van der Waals surface area contributed by atoms with Crippen molar-refractivity contribution in [2.45, 2.75) is 38.5 Å². The van der Waals surface area contributed by atoms with Crippen molar-refractivity contribution >= 4 is 11.6 Å². The Balaban J connectivity index is 1.30. The van der Waals surface area contributed by atoms with Crippen molar-refractivity contribution in [1.82, 2.24) is 34.5 Å². The number of anilines is 2. The molecule has 1 aliphatic carbocycles. The molecule has 0 spiro atoms. The van der Waals surface area contributed by atoms with E-state index in [-0.39, 0.29) is 6.10 Å². The highest BCUT2D eigenvalue weighted by Crippen LogP contribution is 2.34. The molecule has 0 saturated heterocycles. The number of aromatic nitrogens is 7. The third kappa shape index (κ3) is 4.41. The van der Waals surface area contributed by atoms with Gasteiger partial charge in [-0.3, -0.25) is 4.68 Å². The summed E-state index contributed by atoms with van der Waals surface area (Å²) in [6, 6.07) is 8.15. The van der Waals surface area contributed by atoms with Gasteiger partial charge in [0.25, 0.3) is 0 Å². The van der Waals surface area contributed by atoms with Gasteiger partial charge in [0.15, 0.2) is 0 Å². The average Bonchev–Trinajstić information content (AvgIpc) is 3.33. The Morgan fingerprint density at radius 3 is 2.75 bits per heavy atom. The molecule has 3 aromatic heterocycles. The number of ether oxygens (including phenoxy) is 1. The molecule has 3 heterocycles. The maximum Gasteiger partial charge on any atom is 0.227 e. The lowest BCUT2D eigenvalue weighted by molar-refractivity contribution is 0.193. The van der Waals surface area contributed by atoms with Gasteiger partial charge in [-0.15, -0.1) is 0 Å². The van der Waals surface area contributed by atoms with Crippen LogP contribution in [-0.2, 0) is 6.54 Å². The minimum absolute atomic E-state index is 0.196. The van der Waals surface area contributed by atoms with Crippen molar-refractivity contribution in [2.24, 2.45) is 0 Å². The molecule has 32 heavy (non-hydrogen) atoms. The zero-order valence-corrected chi connectivity index (χ0v) is 17.5. The summed E-state index contributed by atoms with van der Waals surface area (Å²) < 4.78 is 9.69. The second-order valence-electron chi connectivity index (χ2n) is 7.73. The Hall–Kier alpha value is -4.26. The number of rotatable bonds is 8. The molecule has 0 radical (unpaired) electrons. The van der Waals surface area contributed by atoms with E-state index in [2.05, 4.69) is 36.5 Å². The smallest absolute Gasteiger partial charge is 0.227 e. The first-order chi connectivity index (χ1) is 15.7. The van der Waals surface area contributed by atoms with E-state index in [1.165, 1.54) is 19.2 Å². The number of nitrogens with one attached hydrogen (secondary N) is 1. The lowest BCUT2D eigenvalue weighted by Gasteiger charge is -2.16. The fraction of sp³-hybridized carbons (Fsp3) is 0.273. The van der Waals surface area contributed by atoms with E-state index in [9.17, 15) is 5.26 Å². The van der Waals surface area contributed by atoms with Crippen LogP contribution in [0.4, 0.5) is 11.6 Å². The highest BCUT2D eigenvalue weighted by Gasteiger charge is 2.24. The molecule has 4 aromatic rings. The number of hydrogen-bond donors (Lipinski definition) is 1. The van der Waals surface area contributed by atoms with Crippen LogP contribution in [0.5, 0.6) is 5.75 Å². The van der Waals surface area contributed by atoms with Gasteiger partial charge in [0.05, 0.1) is 30.0 Å². The number of hydrogen-bond acceptors (Lipinski definition) is 8. The lowest BCUT2D eigenvalue weighted by atomic mass is 10.1. The quantitative estimate of drug-likeness (QED) is 0.455. The molecule has 1 aliphatic rings. The highest BCUT2D eigenvalue weighted by molar-refractivity contribution is 5.66. The molecule has 1 unspecified atom stereocenters. The summed E-state index contributed by atoms with van der Waals surface area (Å²) >= 11 is 0. The van der Waals surface area contributed by atoms with Gasteiger partial charge in [-0.2, -0.15) is 15.5 Å². The van der Waals surface area contributed by atoms with Crippen molar-refractivity contribution in [3.05, 3.63) is 61.2 Å². The van der Waals surface area contributed by atoms with Gasteiger partial charge in [0.2, 0.25) is 5.95 Å². The van der Waals surface area contributed by atoms with Crippen LogP contribution in [0.1, 0.15) is 31.4 Å². The summed E-state index contributed by atoms with van der Waals surface area (Å²) in [6.45, 7) is 2.44. The molecule has 1 N–H and O–H groups in total. The monoisotopic (exact) mass is 427 g/mol. The molecule has 160 valence electrons. The van der Waals surface area contributed by atoms with Gasteiger partial charge in [0.1, 0.15) is 30.6 Å². The molecule has 1 saturated carbocycles. The Morgan fingerprint density at radius 1 is 1.19 bits per heavy atom. The Labute approximate surface area is 184 Å². The SMILES string of the molecule is CC(Cn1cncn1)Oc1cc(-c2cnc(Nc3cnn(C4CC4)c3)nc2)ccc1C#N. The maximum absolute atomic E-state index is 9.47. The van der Waals surface area contributed by atoms with Crippen LogP contribution in [0.25, 0.3) is 11.1 Å². The molecular weight excluding hydrogens is 406 g/mol. The van der Waals surface area contributed by atoms with Crippen LogP contribution in [0.3, 0.4) is 0 Å². The van der Waals surface area contributed by atoms with Gasteiger partial charge in [-0.25, -0.2) is 19.6 Å². The summed E-state index contributed by atoms with van der Waals surface area (Å²) in [4.78, 5) is 12.8. The van der Waals surface area contributed by atoms with Gasteiger partial charge < -0.3 is 10.1 Å². The van der Waals surface area contributed by atoms with Gasteiger partial charge in [-0.1, -0.05) is 6.07 Å². The van der Waals surface area contributed by atoms with E-state index in [1.807, 2.05) is 29.9 Å². The maximum atomic E-state index is 9.47. The second kappa shape index (κ2) is 8.47. The zero-order chi connectivity index (χ0) is 21.9. The summed E-state index contributed by atoms with van der Waals surface area (Å²) in [5, 5.41) is 21.1. The van der Waals surface area contributed by atoms with Crippen LogP contribution in [-0.4, -0.2) is 40.6 Å². The predicted molar refractivity (Wildman–Crippen MR) is 116 cm³/mol. The Morgan fingerprint density at radius 2 is 2.03 bits per heavy atom. The van der Waals surface area contributed by atoms with E-state index in [4.69, 9.17) is 4.74 Å². The van der Waals surface area contributed by atoms with Crippen molar-refractivity contribution in [3.8, 4) is 22.9 Å². The first-order valence-corrected chi connectivity index (χ1v) is 10.3. The molecule has 1 aromatic carbocycles. The highest BCUT2D eigenvalue weighted by atomic mass is 16.5. The number of nitrogens with zero attached hydrogens (tertiary/aromatic N) is 8. The number of nitriles is 1. The zero-order valence-electron chi connectivity index (χ0n) is 17.5. The lowest BCUT2D eigenvalue weighted by Crippen LogP contribution is -2.20. The normalized spacial score (nSPS) is 14.0. The molecule has 5 rings (SSSR count). The largest absolute Gasteiger partial charge is 0.487 e. The molecule has 0 aliphatic heterocycles. The molecule has 0 amide bonds. The first kappa shape index (κ1) is 19.7. The third-order valence-corrected chi connectivity index (χ3v) is 5.10. The van der Waals surface area contributed by atoms with Crippen molar-refractivity contribution < 1.29 is 4.74 Å². The minimum Gasteiger partial charge on any atom is -0.487 e. The van der Waals surface area contributed by atoms with E-state index < -0.39 is 0 Å². The molecule has 10 nitrogen and oxygen atoms in total. The van der Waals surface area contributed by atoms with Gasteiger partial charge >= 0.3 is 0 Å². The second-order valence-corrected chi connectivity index (χ2v) is 7.73. The van der Waals surface area contributed by atoms with Crippen molar-refractivity contribution in [1.29, 1.82) is 5.26 Å². The van der Waals surface area contributed by atoms with Gasteiger partial charge in [0, 0.05) is 24.2 Å². The molecular formula is C22H21N9O. The van der Waals surface area contributed by atoms with E-state index in [0.717, 1.165) is 16.8 Å². The fourth-order valence-corrected chi connectivity index (χ4v) is 3.35. The first-order valence-electron chi connectivity index (χ1n) is 10.3. The summed E-state index contributed by atoms with van der Waals surface area (Å²) in [7, 11) is 0. The molecule has 0 bridgehead atoms. The van der Waals surface area contributed by atoms with Crippen LogP contribution in [0.15, 0.2) is 55.6 Å². The Bertz CT molecular complexity index is 1240. The van der Waals surface area contributed by atoms with Crippen LogP contribution in [0.2, 0.25) is 0 Å². The third-order valence-electron chi connectivity index (χ3n) is 5.10. The summed E-state index contributed by atoms with van der Waals surface area (Å²) in [5.41, 5.74) is 3.01. The molecule has 10 heteroatoms. The standard InChI is InChI=1S/C22H21N9O/c1-15(11-30-14-24-13-28-30)32-21-6-16(2-3-17(21)7-23)18-8-25-22(26-9-18)29-19-10-27-31(12-19)20-4-5-20/h2-3,6,8-10,12-15,20H,4-5,11H2,1H3,(H,25,26,29). The summed E-state index contributed by atoms with van der Waals surface area (Å²) in [6.07, 6.45) is 12.5. The Kier molecular flexibility index (Phi) is 5.21. The van der Waals surface area contributed by atoms with Crippen molar-refractivity contribution in [3.63, 3.8) is 0 Å². The number of benzene rings is 1. The minimum atomic E-state index is -0.196. The van der Waals surface area contributed by atoms with E-state index >= 15 is 0 Å². The van der Waals surface area contributed by atoms with E-state index in [0.29, 0.717) is 29.8 Å². The van der Waals surface area contributed by atoms with Crippen LogP contribution >= 0.6 is 0 Å².